The maximum absolute atomic E-state index is 13.1. The standard InChI is InChI=1S/C9H10F2N4O2/c10-5-1-4(2-6(11)8(5)12)9(17)7(16)3-14-15-13/h1-2,7,9,16-17H,3,12H2. The number of azide groups is 1. The lowest BCUT2D eigenvalue weighted by molar-refractivity contribution is 0.0241. The van der Waals surface area contributed by atoms with E-state index in [1.54, 1.807) is 0 Å². The minimum Gasteiger partial charge on any atom is -0.394 e. The molecule has 8 heteroatoms. The Morgan fingerprint density at radius 3 is 2.35 bits per heavy atom. The summed E-state index contributed by atoms with van der Waals surface area (Å²) in [7, 11) is 0. The van der Waals surface area contributed by atoms with E-state index in [-0.39, 0.29) is 5.56 Å². The lowest BCUT2D eigenvalue weighted by Crippen LogP contribution is -2.21. The average Bonchev–Trinajstić information content (AvgIpc) is 2.31. The van der Waals surface area contributed by atoms with Crippen LogP contribution < -0.4 is 5.73 Å². The zero-order valence-electron chi connectivity index (χ0n) is 8.59. The summed E-state index contributed by atoms with van der Waals surface area (Å²) in [6.45, 7) is -0.411. The summed E-state index contributed by atoms with van der Waals surface area (Å²) in [5.41, 5.74) is 12.2. The third-order valence-electron chi connectivity index (χ3n) is 2.14. The number of benzene rings is 1. The Morgan fingerprint density at radius 1 is 1.35 bits per heavy atom. The largest absolute Gasteiger partial charge is 0.394 e. The van der Waals surface area contributed by atoms with Gasteiger partial charge in [-0.25, -0.2) is 8.78 Å². The van der Waals surface area contributed by atoms with Gasteiger partial charge in [0.05, 0.1) is 12.6 Å². The minimum atomic E-state index is -1.56. The molecule has 6 nitrogen and oxygen atoms in total. The second-order valence-electron chi connectivity index (χ2n) is 3.32. The number of aliphatic hydroxyl groups is 2. The fourth-order valence-corrected chi connectivity index (χ4v) is 1.22. The summed E-state index contributed by atoms with van der Waals surface area (Å²) >= 11 is 0. The molecule has 0 bridgehead atoms. The molecule has 0 radical (unpaired) electrons. The Balaban J connectivity index is 2.96. The molecule has 2 atom stereocenters. The van der Waals surface area contributed by atoms with Crippen molar-refractivity contribution in [1.29, 1.82) is 0 Å². The number of nitrogens with zero attached hydrogens (tertiary/aromatic N) is 3. The van der Waals surface area contributed by atoms with Gasteiger partial charge in [0.1, 0.15) is 23.4 Å². The van der Waals surface area contributed by atoms with Crippen molar-refractivity contribution in [2.45, 2.75) is 12.2 Å². The van der Waals surface area contributed by atoms with E-state index in [9.17, 15) is 19.0 Å². The first-order valence-electron chi connectivity index (χ1n) is 4.58. The second kappa shape index (κ2) is 5.44. The molecule has 0 aromatic heterocycles. The SMILES string of the molecule is [N-]=[N+]=NCC(O)C(O)c1cc(F)c(N)c(F)c1. The minimum absolute atomic E-state index is 0.185. The second-order valence-corrected chi connectivity index (χ2v) is 3.32. The molecule has 0 fully saturated rings. The quantitative estimate of drug-likeness (QED) is 0.320. The molecule has 0 saturated carbocycles. The van der Waals surface area contributed by atoms with Crippen molar-refractivity contribution in [1.82, 2.24) is 0 Å². The molecule has 1 aromatic rings. The van der Waals surface area contributed by atoms with Crippen molar-refractivity contribution in [3.8, 4) is 0 Å². The predicted molar refractivity (Wildman–Crippen MR) is 55.8 cm³/mol. The van der Waals surface area contributed by atoms with Gasteiger partial charge in [0, 0.05) is 4.91 Å². The van der Waals surface area contributed by atoms with E-state index in [2.05, 4.69) is 10.0 Å². The van der Waals surface area contributed by atoms with Crippen LogP contribution >= 0.6 is 0 Å². The van der Waals surface area contributed by atoms with Crippen molar-refractivity contribution in [2.24, 2.45) is 5.11 Å². The molecule has 1 rings (SSSR count). The van der Waals surface area contributed by atoms with Gasteiger partial charge in [-0.15, -0.1) is 0 Å². The van der Waals surface area contributed by atoms with Crippen LogP contribution in [0.5, 0.6) is 0 Å². The normalized spacial score (nSPS) is 13.9. The zero-order chi connectivity index (χ0) is 13.0. The van der Waals surface area contributed by atoms with Crippen molar-refractivity contribution in [3.63, 3.8) is 0 Å². The van der Waals surface area contributed by atoms with Crippen LogP contribution in [0.15, 0.2) is 17.2 Å². The van der Waals surface area contributed by atoms with Crippen LogP contribution in [0.4, 0.5) is 14.5 Å². The molecule has 0 aliphatic heterocycles. The molecule has 17 heavy (non-hydrogen) atoms. The van der Waals surface area contributed by atoms with Gasteiger partial charge < -0.3 is 15.9 Å². The number of aliphatic hydroxyl groups excluding tert-OH is 2. The smallest absolute Gasteiger partial charge is 0.149 e. The van der Waals surface area contributed by atoms with Crippen molar-refractivity contribution in [3.05, 3.63) is 39.8 Å². The highest BCUT2D eigenvalue weighted by atomic mass is 19.1. The summed E-state index contributed by atoms with van der Waals surface area (Å²) in [4.78, 5) is 2.39. The summed E-state index contributed by atoms with van der Waals surface area (Å²) in [6.07, 6.45) is -3.02. The molecule has 4 N–H and O–H groups in total. The molecule has 0 aliphatic carbocycles. The van der Waals surface area contributed by atoms with Crippen LogP contribution in [0.1, 0.15) is 11.7 Å². The molecule has 0 spiro atoms. The molecule has 0 aliphatic rings. The van der Waals surface area contributed by atoms with E-state index in [1.807, 2.05) is 0 Å². The molecule has 92 valence electrons. The number of nitrogen functional groups attached to an aromatic ring is 1. The van der Waals surface area contributed by atoms with Gasteiger partial charge in [0.15, 0.2) is 0 Å². The molecule has 1 aromatic carbocycles. The number of anilines is 1. The van der Waals surface area contributed by atoms with Gasteiger partial charge in [0.2, 0.25) is 0 Å². The number of rotatable bonds is 4. The van der Waals surface area contributed by atoms with Gasteiger partial charge in [-0.3, -0.25) is 0 Å². The van der Waals surface area contributed by atoms with Crippen LogP contribution in [0, 0.1) is 11.6 Å². The fraction of sp³-hybridized carbons (Fsp3) is 0.333. The van der Waals surface area contributed by atoms with Crippen molar-refractivity contribution >= 4 is 5.69 Å². The lowest BCUT2D eigenvalue weighted by Gasteiger charge is -2.16. The fourth-order valence-electron chi connectivity index (χ4n) is 1.22. The summed E-state index contributed by atoms with van der Waals surface area (Å²) in [5, 5.41) is 21.9. The Hall–Kier alpha value is -1.89. The molecule has 0 amide bonds. The zero-order valence-corrected chi connectivity index (χ0v) is 8.59. The van der Waals surface area contributed by atoms with Crippen LogP contribution in [0.3, 0.4) is 0 Å². The van der Waals surface area contributed by atoms with E-state index < -0.39 is 36.1 Å². The summed E-state index contributed by atoms with van der Waals surface area (Å²) in [6, 6.07) is 1.62. The monoisotopic (exact) mass is 244 g/mol. The molecular formula is C9H10F2N4O2. The van der Waals surface area contributed by atoms with E-state index in [0.717, 1.165) is 12.1 Å². The first-order valence-corrected chi connectivity index (χ1v) is 4.58. The lowest BCUT2D eigenvalue weighted by atomic mass is 10.0. The molecule has 0 saturated heterocycles. The van der Waals surface area contributed by atoms with Gasteiger partial charge in [-0.1, -0.05) is 5.11 Å². The first-order chi connectivity index (χ1) is 7.97. The Kier molecular flexibility index (Phi) is 4.22. The molecular weight excluding hydrogens is 234 g/mol. The van der Waals surface area contributed by atoms with Crippen LogP contribution in [-0.4, -0.2) is 22.9 Å². The van der Waals surface area contributed by atoms with E-state index in [4.69, 9.17) is 11.3 Å². The molecule has 0 heterocycles. The Bertz CT molecular complexity index is 439. The summed E-state index contributed by atoms with van der Waals surface area (Å²) < 4.78 is 26.2. The van der Waals surface area contributed by atoms with Crippen LogP contribution in [0.2, 0.25) is 0 Å². The highest BCUT2D eigenvalue weighted by Crippen LogP contribution is 2.23. The maximum atomic E-state index is 13.1. The van der Waals surface area contributed by atoms with Gasteiger partial charge in [0.25, 0.3) is 0 Å². The number of halogens is 2. The van der Waals surface area contributed by atoms with Crippen LogP contribution in [0.25, 0.3) is 10.4 Å². The highest BCUT2D eigenvalue weighted by Gasteiger charge is 2.20. The number of nitrogens with two attached hydrogens (primary N) is 1. The third kappa shape index (κ3) is 3.04. The topological polar surface area (TPSA) is 115 Å². The summed E-state index contributed by atoms with van der Waals surface area (Å²) in [5.74, 6) is -2.06. The van der Waals surface area contributed by atoms with E-state index in [1.165, 1.54) is 0 Å². The van der Waals surface area contributed by atoms with Gasteiger partial charge in [-0.2, -0.15) is 0 Å². The Labute approximate surface area is 94.9 Å². The van der Waals surface area contributed by atoms with Gasteiger partial charge in [-0.05, 0) is 23.2 Å². The first kappa shape index (κ1) is 13.2. The van der Waals surface area contributed by atoms with Gasteiger partial charge >= 0.3 is 0 Å². The highest BCUT2D eigenvalue weighted by molar-refractivity contribution is 5.43. The maximum Gasteiger partial charge on any atom is 0.149 e. The molecule has 2 unspecified atom stereocenters. The van der Waals surface area contributed by atoms with Crippen molar-refractivity contribution in [2.75, 3.05) is 12.3 Å². The van der Waals surface area contributed by atoms with Crippen LogP contribution in [-0.2, 0) is 0 Å². The Morgan fingerprint density at radius 2 is 1.88 bits per heavy atom. The number of hydrogen-bond donors (Lipinski definition) is 3. The van der Waals surface area contributed by atoms with Crippen molar-refractivity contribution < 1.29 is 19.0 Å². The van der Waals surface area contributed by atoms with E-state index in [0.29, 0.717) is 0 Å². The predicted octanol–water partition coefficient (Wildman–Crippen LogP) is 1.25. The average molecular weight is 244 g/mol. The third-order valence-corrected chi connectivity index (χ3v) is 2.14. The van der Waals surface area contributed by atoms with E-state index >= 15 is 0 Å². The number of hydrogen-bond acceptors (Lipinski definition) is 4.